The number of nitrogens with zero attached hydrogens (tertiary/aromatic N) is 3. The van der Waals surface area contributed by atoms with Gasteiger partial charge in [-0.1, -0.05) is 55.8 Å². The van der Waals surface area contributed by atoms with Crippen molar-refractivity contribution in [3.05, 3.63) is 82.6 Å². The maximum atomic E-state index is 13.3. The molecular formula is C25H28ClN3O3S. The molecule has 0 spiro atoms. The summed E-state index contributed by atoms with van der Waals surface area (Å²) in [4.78, 5) is 19.4. The van der Waals surface area contributed by atoms with Crippen molar-refractivity contribution in [3.63, 3.8) is 0 Å². The molecule has 1 amide bonds. The van der Waals surface area contributed by atoms with Crippen molar-refractivity contribution in [2.45, 2.75) is 56.7 Å². The number of sulfone groups is 1. The Balaban J connectivity index is 1.65. The molecule has 1 aromatic heterocycles. The van der Waals surface area contributed by atoms with Crippen LogP contribution in [0.2, 0.25) is 5.02 Å². The maximum Gasteiger partial charge on any atom is 0.254 e. The number of rotatable bonds is 9. The number of amides is 1. The van der Waals surface area contributed by atoms with E-state index in [9.17, 15) is 13.2 Å². The lowest BCUT2D eigenvalue weighted by Gasteiger charge is -2.24. The molecular weight excluding hydrogens is 458 g/mol. The smallest absolute Gasteiger partial charge is 0.254 e. The van der Waals surface area contributed by atoms with Gasteiger partial charge in [-0.2, -0.15) is 0 Å². The van der Waals surface area contributed by atoms with Gasteiger partial charge in [0.25, 0.3) is 5.91 Å². The van der Waals surface area contributed by atoms with Crippen molar-refractivity contribution >= 4 is 27.3 Å². The van der Waals surface area contributed by atoms with E-state index in [0.717, 1.165) is 18.5 Å². The highest BCUT2D eigenvalue weighted by Crippen LogP contribution is 2.31. The van der Waals surface area contributed by atoms with Crippen LogP contribution in [0.25, 0.3) is 0 Å². The molecule has 1 saturated carbocycles. The van der Waals surface area contributed by atoms with Crippen LogP contribution in [0.1, 0.15) is 48.3 Å². The van der Waals surface area contributed by atoms with Crippen LogP contribution in [-0.4, -0.2) is 34.8 Å². The topological polar surface area (TPSA) is 72.3 Å². The van der Waals surface area contributed by atoms with Gasteiger partial charge in [-0.3, -0.25) is 4.79 Å². The Labute approximate surface area is 200 Å². The average Bonchev–Trinajstić information content (AvgIpc) is 3.53. The Kier molecular flexibility index (Phi) is 6.91. The molecule has 0 N–H and O–H groups in total. The van der Waals surface area contributed by atoms with Crippen molar-refractivity contribution in [2.24, 2.45) is 5.92 Å². The highest BCUT2D eigenvalue weighted by atomic mass is 35.5. The van der Waals surface area contributed by atoms with Crippen LogP contribution in [0, 0.1) is 5.92 Å². The highest BCUT2D eigenvalue weighted by Gasteiger charge is 2.34. The summed E-state index contributed by atoms with van der Waals surface area (Å²) in [7, 11) is -3.71. The minimum atomic E-state index is -3.71. The molecule has 4 rings (SSSR count). The third-order valence-electron chi connectivity index (χ3n) is 5.57. The van der Waals surface area contributed by atoms with E-state index in [1.807, 2.05) is 49.1 Å². The normalized spacial score (nSPS) is 13.9. The number of hydrogen-bond donors (Lipinski definition) is 0. The second-order valence-electron chi connectivity index (χ2n) is 8.96. The number of halogens is 1. The summed E-state index contributed by atoms with van der Waals surface area (Å²) in [5, 5.41) is 0.530. The fraction of sp³-hybridized carbons (Fsp3) is 0.360. The van der Waals surface area contributed by atoms with Crippen LogP contribution in [0.5, 0.6) is 0 Å². The predicted molar refractivity (Wildman–Crippen MR) is 129 cm³/mol. The summed E-state index contributed by atoms with van der Waals surface area (Å²) >= 11 is 6.04. The fourth-order valence-electron chi connectivity index (χ4n) is 3.91. The van der Waals surface area contributed by atoms with E-state index < -0.39 is 9.84 Å². The third kappa shape index (κ3) is 5.65. The first-order chi connectivity index (χ1) is 15.7. The van der Waals surface area contributed by atoms with Crippen LogP contribution in [0.4, 0.5) is 0 Å². The molecule has 6 nitrogen and oxygen atoms in total. The molecule has 1 aliphatic carbocycles. The van der Waals surface area contributed by atoms with Gasteiger partial charge >= 0.3 is 0 Å². The summed E-state index contributed by atoms with van der Waals surface area (Å²) in [6.07, 6.45) is 3.51. The lowest BCUT2D eigenvalue weighted by atomic mass is 10.2. The molecule has 0 bridgehead atoms. The zero-order valence-corrected chi connectivity index (χ0v) is 20.4. The Morgan fingerprint density at radius 2 is 1.88 bits per heavy atom. The Morgan fingerprint density at radius 3 is 2.52 bits per heavy atom. The molecule has 1 heterocycles. The van der Waals surface area contributed by atoms with Crippen LogP contribution in [-0.2, 0) is 28.7 Å². The lowest BCUT2D eigenvalue weighted by molar-refractivity contribution is 0.0725. The monoisotopic (exact) mass is 485 g/mol. The zero-order chi connectivity index (χ0) is 23.6. The lowest BCUT2D eigenvalue weighted by Crippen LogP contribution is -2.33. The van der Waals surface area contributed by atoms with Gasteiger partial charge in [-0.25, -0.2) is 13.4 Å². The Bertz CT molecular complexity index is 1230. The maximum absolute atomic E-state index is 13.3. The first-order valence-corrected chi connectivity index (χ1v) is 13.2. The van der Waals surface area contributed by atoms with E-state index in [1.54, 1.807) is 35.0 Å². The molecule has 3 aromatic rings. The number of carbonyl (C=O) groups excluding carboxylic acids is 1. The fourth-order valence-corrected chi connectivity index (χ4v) is 5.61. The van der Waals surface area contributed by atoms with Crippen LogP contribution >= 0.6 is 11.6 Å². The number of imidazole rings is 1. The predicted octanol–water partition coefficient (Wildman–Crippen LogP) is 4.97. The molecule has 33 heavy (non-hydrogen) atoms. The molecule has 0 saturated heterocycles. The molecule has 0 aliphatic heterocycles. The highest BCUT2D eigenvalue weighted by molar-refractivity contribution is 7.90. The van der Waals surface area contributed by atoms with Gasteiger partial charge in [-0.15, -0.1) is 0 Å². The molecule has 1 fully saturated rings. The first-order valence-electron chi connectivity index (χ1n) is 11.1. The van der Waals surface area contributed by atoms with E-state index in [1.165, 1.54) is 0 Å². The minimum absolute atomic E-state index is 0.0362. The standard InChI is InChI=1S/C25H28ClN3O3S/c1-18(2)15-29-23(16-28(22-11-12-22)24(30)20-8-4-3-5-9-20)14-27-25(29)33(31,32)17-19-7-6-10-21(26)13-19/h3-10,13-14,18,22H,11-12,15-17H2,1-2H3. The van der Waals surface area contributed by atoms with Gasteiger partial charge < -0.3 is 9.47 Å². The van der Waals surface area contributed by atoms with Crippen LogP contribution in [0.3, 0.4) is 0 Å². The number of aromatic nitrogens is 2. The van der Waals surface area contributed by atoms with Gasteiger partial charge in [0.05, 0.1) is 24.2 Å². The van der Waals surface area contributed by atoms with Gasteiger partial charge in [-0.05, 0) is 48.6 Å². The molecule has 0 atom stereocenters. The Hall–Kier alpha value is -2.64. The van der Waals surface area contributed by atoms with Gasteiger partial charge in [0, 0.05) is 23.2 Å². The van der Waals surface area contributed by atoms with E-state index in [4.69, 9.17) is 11.6 Å². The quantitative estimate of drug-likeness (QED) is 0.429. The molecule has 2 aromatic carbocycles. The summed E-state index contributed by atoms with van der Waals surface area (Å²) < 4.78 is 28.4. The van der Waals surface area contributed by atoms with E-state index >= 15 is 0 Å². The van der Waals surface area contributed by atoms with E-state index in [0.29, 0.717) is 29.2 Å². The van der Waals surface area contributed by atoms with E-state index in [-0.39, 0.29) is 28.8 Å². The molecule has 174 valence electrons. The summed E-state index contributed by atoms with van der Waals surface area (Å²) in [6, 6.07) is 16.2. The van der Waals surface area contributed by atoms with Crippen LogP contribution in [0.15, 0.2) is 66.0 Å². The number of benzene rings is 2. The third-order valence-corrected chi connectivity index (χ3v) is 7.41. The molecule has 0 unspecified atom stereocenters. The van der Waals surface area contributed by atoms with Crippen molar-refractivity contribution in [1.82, 2.24) is 14.5 Å². The Morgan fingerprint density at radius 1 is 1.15 bits per heavy atom. The average molecular weight is 486 g/mol. The SMILES string of the molecule is CC(C)Cn1c(CN(C(=O)c2ccccc2)C2CC2)cnc1S(=O)(=O)Cc1cccc(Cl)c1. The number of carbonyl (C=O) groups is 1. The first kappa shape index (κ1) is 23.5. The second kappa shape index (κ2) is 9.69. The molecule has 8 heteroatoms. The molecule has 1 aliphatic rings. The van der Waals surface area contributed by atoms with E-state index in [2.05, 4.69) is 4.98 Å². The summed E-state index contributed by atoms with van der Waals surface area (Å²) in [5.41, 5.74) is 1.97. The van der Waals surface area contributed by atoms with Crippen molar-refractivity contribution in [1.29, 1.82) is 0 Å². The van der Waals surface area contributed by atoms with Crippen LogP contribution < -0.4 is 0 Å². The zero-order valence-electron chi connectivity index (χ0n) is 18.8. The van der Waals surface area contributed by atoms with Gasteiger partial charge in [0.2, 0.25) is 15.0 Å². The van der Waals surface area contributed by atoms with Gasteiger partial charge in [0.15, 0.2) is 0 Å². The largest absolute Gasteiger partial charge is 0.330 e. The van der Waals surface area contributed by atoms with Crippen molar-refractivity contribution in [3.8, 4) is 0 Å². The van der Waals surface area contributed by atoms with Crippen molar-refractivity contribution in [2.75, 3.05) is 0 Å². The van der Waals surface area contributed by atoms with Gasteiger partial charge in [0.1, 0.15) is 0 Å². The number of hydrogen-bond acceptors (Lipinski definition) is 4. The summed E-state index contributed by atoms with van der Waals surface area (Å²) in [5.74, 6) is -0.0202. The minimum Gasteiger partial charge on any atom is -0.330 e. The molecule has 0 radical (unpaired) electrons. The second-order valence-corrected chi connectivity index (χ2v) is 11.3. The van der Waals surface area contributed by atoms with Crippen molar-refractivity contribution < 1.29 is 13.2 Å². The summed E-state index contributed by atoms with van der Waals surface area (Å²) in [6.45, 7) is 4.89.